The fraction of sp³-hybridized carbons (Fsp3) is 0.833. The average Bonchev–Trinajstić information content (AvgIpc) is 1.64. The summed E-state index contributed by atoms with van der Waals surface area (Å²) in [5, 5.41) is 18.0. The van der Waals surface area contributed by atoms with Crippen molar-refractivity contribution in [3.05, 3.63) is 0 Å². The molecule has 54 valence electrons. The van der Waals surface area contributed by atoms with E-state index >= 15 is 0 Å². The van der Waals surface area contributed by atoms with Crippen molar-refractivity contribution in [3.8, 4) is 0 Å². The smallest absolute Gasteiger partial charge is 0.268 e. The molecule has 3 nitrogen and oxygen atoms in total. The molecule has 0 aliphatic rings. The molecule has 0 fully saturated rings. The van der Waals surface area contributed by atoms with Crippen molar-refractivity contribution in [2.75, 3.05) is 0 Å². The average molecular weight is 131 g/mol. The number of hydrogen-bond acceptors (Lipinski definition) is 3. The molecule has 0 amide bonds. The Morgan fingerprint density at radius 3 is 1.56 bits per heavy atom. The van der Waals surface area contributed by atoms with Crippen LogP contribution in [0.4, 0.5) is 0 Å². The van der Waals surface area contributed by atoms with E-state index in [9.17, 15) is 0 Å². The van der Waals surface area contributed by atoms with Gasteiger partial charge in [0.1, 0.15) is 0 Å². The van der Waals surface area contributed by atoms with Crippen LogP contribution in [0.15, 0.2) is 4.99 Å². The highest BCUT2D eigenvalue weighted by Crippen LogP contribution is 2.27. The van der Waals surface area contributed by atoms with Crippen molar-refractivity contribution >= 4 is 6.72 Å². The molecular weight excluding hydrogens is 118 g/mol. The first kappa shape index (κ1) is 8.59. The first-order chi connectivity index (χ1) is 3.81. The first-order valence-electron chi connectivity index (χ1n) is 2.74. The third-order valence-electron chi connectivity index (χ3n) is 1.23. The van der Waals surface area contributed by atoms with Crippen molar-refractivity contribution in [2.45, 2.75) is 26.7 Å². The van der Waals surface area contributed by atoms with Gasteiger partial charge in [-0.25, -0.2) is 4.99 Å². The molecule has 0 saturated heterocycles. The van der Waals surface area contributed by atoms with Crippen LogP contribution in [0.1, 0.15) is 20.8 Å². The quantitative estimate of drug-likeness (QED) is 0.399. The molecule has 0 aliphatic carbocycles. The Kier molecular flexibility index (Phi) is 1.98. The Labute approximate surface area is 55.0 Å². The second-order valence-corrected chi connectivity index (χ2v) is 3.04. The van der Waals surface area contributed by atoms with Gasteiger partial charge in [-0.05, 0) is 6.72 Å². The number of aliphatic imine (C=N–C) groups is 1. The van der Waals surface area contributed by atoms with E-state index in [-0.39, 0.29) is 0 Å². The van der Waals surface area contributed by atoms with Gasteiger partial charge in [-0.2, -0.15) is 0 Å². The Bertz CT molecular complexity index is 113. The van der Waals surface area contributed by atoms with Crippen molar-refractivity contribution in [2.24, 2.45) is 10.4 Å². The van der Waals surface area contributed by atoms with E-state index in [2.05, 4.69) is 11.7 Å². The number of aliphatic hydroxyl groups is 2. The van der Waals surface area contributed by atoms with E-state index in [0.717, 1.165) is 0 Å². The summed E-state index contributed by atoms with van der Waals surface area (Å²) in [5.41, 5.74) is -0.672. The third-order valence-corrected chi connectivity index (χ3v) is 1.23. The Morgan fingerprint density at radius 2 is 1.56 bits per heavy atom. The second kappa shape index (κ2) is 2.08. The summed E-state index contributed by atoms with van der Waals surface area (Å²) in [4.78, 5) is 3.15. The molecule has 9 heavy (non-hydrogen) atoms. The minimum absolute atomic E-state index is 0.672. The lowest BCUT2D eigenvalue weighted by Gasteiger charge is -2.30. The summed E-state index contributed by atoms with van der Waals surface area (Å²) in [5.74, 6) is -2.01. The maximum atomic E-state index is 8.99. The van der Waals surface area contributed by atoms with Crippen molar-refractivity contribution < 1.29 is 10.2 Å². The molecule has 0 aromatic carbocycles. The Hall–Kier alpha value is -0.410. The highest BCUT2D eigenvalue weighted by atomic mass is 16.5. The number of nitrogens with zero attached hydrogens (tertiary/aromatic N) is 1. The summed E-state index contributed by atoms with van der Waals surface area (Å²) in [6.07, 6.45) is 0. The largest absolute Gasteiger partial charge is 0.347 e. The molecule has 0 bridgehead atoms. The van der Waals surface area contributed by atoms with Crippen molar-refractivity contribution in [1.82, 2.24) is 0 Å². The Morgan fingerprint density at radius 1 is 1.22 bits per heavy atom. The molecule has 0 heterocycles. The maximum absolute atomic E-state index is 8.99. The third kappa shape index (κ3) is 1.77. The van der Waals surface area contributed by atoms with Gasteiger partial charge in [-0.3, -0.25) is 0 Å². The fourth-order valence-electron chi connectivity index (χ4n) is 0.237. The molecule has 3 heteroatoms. The molecule has 0 atom stereocenters. The van der Waals surface area contributed by atoms with Gasteiger partial charge in [0, 0.05) is 5.41 Å². The predicted octanol–water partition coefficient (Wildman–Crippen LogP) is 0.372. The van der Waals surface area contributed by atoms with Gasteiger partial charge in [0.25, 0.3) is 5.91 Å². The van der Waals surface area contributed by atoms with E-state index in [4.69, 9.17) is 10.2 Å². The highest BCUT2D eigenvalue weighted by Gasteiger charge is 2.36. The highest BCUT2D eigenvalue weighted by molar-refractivity contribution is 5.24. The second-order valence-electron chi connectivity index (χ2n) is 3.04. The van der Waals surface area contributed by atoms with E-state index in [1.165, 1.54) is 0 Å². The molecule has 0 aromatic rings. The van der Waals surface area contributed by atoms with Gasteiger partial charge >= 0.3 is 0 Å². The maximum Gasteiger partial charge on any atom is 0.268 e. The molecule has 0 spiro atoms. The van der Waals surface area contributed by atoms with Crippen LogP contribution >= 0.6 is 0 Å². The molecular formula is C6H13NO2. The van der Waals surface area contributed by atoms with Gasteiger partial charge in [0.15, 0.2) is 0 Å². The van der Waals surface area contributed by atoms with Crippen LogP contribution in [0.3, 0.4) is 0 Å². The summed E-state index contributed by atoms with van der Waals surface area (Å²) in [6, 6.07) is 0. The zero-order valence-corrected chi connectivity index (χ0v) is 6.05. The minimum atomic E-state index is -2.01. The Balaban J connectivity index is 4.32. The lowest BCUT2D eigenvalue weighted by molar-refractivity contribution is -0.219. The number of rotatable bonds is 1. The zero-order valence-electron chi connectivity index (χ0n) is 6.05. The minimum Gasteiger partial charge on any atom is -0.347 e. The first-order valence-corrected chi connectivity index (χ1v) is 2.74. The topological polar surface area (TPSA) is 52.8 Å². The van der Waals surface area contributed by atoms with Crippen LogP contribution in [0.5, 0.6) is 0 Å². The standard InChI is InChI=1S/C6H13NO2/c1-5(2,3)6(8,9)7-4/h8-9H,4H2,1-3H3. The van der Waals surface area contributed by atoms with Crippen LogP contribution in [0.2, 0.25) is 0 Å². The van der Waals surface area contributed by atoms with Crippen molar-refractivity contribution in [1.29, 1.82) is 0 Å². The molecule has 0 aliphatic heterocycles. The molecule has 2 N–H and O–H groups in total. The van der Waals surface area contributed by atoms with Gasteiger partial charge in [0.2, 0.25) is 0 Å². The predicted molar refractivity (Wildman–Crippen MR) is 36.2 cm³/mol. The summed E-state index contributed by atoms with van der Waals surface area (Å²) in [7, 11) is 0. The van der Waals surface area contributed by atoms with E-state index in [0.29, 0.717) is 0 Å². The van der Waals surface area contributed by atoms with Crippen LogP contribution in [-0.4, -0.2) is 22.8 Å². The van der Waals surface area contributed by atoms with Gasteiger partial charge < -0.3 is 10.2 Å². The SMILES string of the molecule is C=NC(O)(O)C(C)(C)C. The molecule has 0 rings (SSSR count). The monoisotopic (exact) mass is 131 g/mol. The molecule has 0 radical (unpaired) electrons. The lowest BCUT2D eigenvalue weighted by atomic mass is 9.92. The molecule has 0 aromatic heterocycles. The van der Waals surface area contributed by atoms with Crippen LogP contribution in [-0.2, 0) is 0 Å². The fourth-order valence-corrected chi connectivity index (χ4v) is 0.237. The van der Waals surface area contributed by atoms with Gasteiger partial charge in [-0.1, -0.05) is 20.8 Å². The van der Waals surface area contributed by atoms with E-state index in [1.807, 2.05) is 0 Å². The van der Waals surface area contributed by atoms with Crippen molar-refractivity contribution in [3.63, 3.8) is 0 Å². The molecule has 0 saturated carbocycles. The number of hydrogen-bond donors (Lipinski definition) is 2. The van der Waals surface area contributed by atoms with E-state index < -0.39 is 11.3 Å². The normalized spacial score (nSPS) is 13.4. The zero-order chi connectivity index (χ0) is 7.71. The summed E-state index contributed by atoms with van der Waals surface area (Å²) in [6.45, 7) is 8.05. The van der Waals surface area contributed by atoms with E-state index in [1.54, 1.807) is 20.8 Å². The van der Waals surface area contributed by atoms with Crippen LogP contribution in [0.25, 0.3) is 0 Å². The summed E-state index contributed by atoms with van der Waals surface area (Å²) < 4.78 is 0. The van der Waals surface area contributed by atoms with Crippen LogP contribution < -0.4 is 0 Å². The van der Waals surface area contributed by atoms with Gasteiger partial charge in [0.05, 0.1) is 0 Å². The van der Waals surface area contributed by atoms with Gasteiger partial charge in [-0.15, -0.1) is 0 Å². The lowest BCUT2D eigenvalue weighted by Crippen LogP contribution is -2.40. The molecule has 0 unspecified atom stereocenters. The summed E-state index contributed by atoms with van der Waals surface area (Å²) >= 11 is 0. The van der Waals surface area contributed by atoms with Crippen LogP contribution in [0, 0.1) is 5.41 Å².